The van der Waals surface area contributed by atoms with E-state index < -0.39 is 5.97 Å². The molecule has 0 aliphatic rings. The van der Waals surface area contributed by atoms with E-state index in [4.69, 9.17) is 5.11 Å². The van der Waals surface area contributed by atoms with Crippen molar-refractivity contribution in [3.63, 3.8) is 0 Å². The molecule has 0 aromatic carbocycles. The molecular formula is C16H32O2. The maximum atomic E-state index is 11.1. The van der Waals surface area contributed by atoms with Gasteiger partial charge >= 0.3 is 5.97 Å². The Labute approximate surface area is 113 Å². The van der Waals surface area contributed by atoms with Crippen molar-refractivity contribution in [1.29, 1.82) is 0 Å². The number of carboxylic acids is 1. The maximum Gasteiger partial charge on any atom is 0.306 e. The Morgan fingerprint density at radius 2 is 1.33 bits per heavy atom. The van der Waals surface area contributed by atoms with Crippen LogP contribution in [-0.4, -0.2) is 11.1 Å². The quantitative estimate of drug-likeness (QED) is 0.483. The van der Waals surface area contributed by atoms with Gasteiger partial charge in [0.15, 0.2) is 0 Å². The molecule has 0 fully saturated rings. The molecule has 0 unspecified atom stereocenters. The van der Waals surface area contributed by atoms with E-state index in [2.05, 4.69) is 13.8 Å². The van der Waals surface area contributed by atoms with E-state index in [1.165, 1.54) is 51.4 Å². The summed E-state index contributed by atoms with van der Waals surface area (Å²) in [6, 6.07) is 0. The third kappa shape index (κ3) is 8.54. The predicted molar refractivity (Wildman–Crippen MR) is 77.8 cm³/mol. The van der Waals surface area contributed by atoms with Crippen LogP contribution in [0.15, 0.2) is 0 Å². The van der Waals surface area contributed by atoms with Gasteiger partial charge in [-0.3, -0.25) is 4.79 Å². The van der Waals surface area contributed by atoms with Crippen LogP contribution in [0.2, 0.25) is 0 Å². The molecule has 0 heterocycles. The second kappa shape index (κ2) is 11.6. The molecule has 0 aromatic heterocycles. The minimum atomic E-state index is -0.619. The standard InChI is InChI=1S/C16H32O2/c1-4-6-8-10-12-15(14(3)16(17)18)13-11-9-7-5-2/h14-15H,4-13H2,1-3H3,(H,17,18)/t14-/m1/s1. The number of hydrogen-bond donors (Lipinski definition) is 1. The number of unbranched alkanes of at least 4 members (excludes halogenated alkanes) is 6. The maximum absolute atomic E-state index is 11.1. The zero-order chi connectivity index (χ0) is 13.8. The first kappa shape index (κ1) is 17.5. The lowest BCUT2D eigenvalue weighted by molar-refractivity contribution is -0.143. The average Bonchev–Trinajstić information content (AvgIpc) is 2.36. The Hall–Kier alpha value is -0.530. The van der Waals surface area contributed by atoms with Crippen molar-refractivity contribution < 1.29 is 9.90 Å². The first-order valence-electron chi connectivity index (χ1n) is 7.86. The molecule has 0 saturated carbocycles. The second-order valence-corrected chi connectivity index (χ2v) is 5.59. The zero-order valence-corrected chi connectivity index (χ0v) is 12.6. The van der Waals surface area contributed by atoms with Crippen molar-refractivity contribution in [3.8, 4) is 0 Å². The average molecular weight is 256 g/mol. The highest BCUT2D eigenvalue weighted by atomic mass is 16.4. The fraction of sp³-hybridized carbons (Fsp3) is 0.938. The number of hydrogen-bond acceptors (Lipinski definition) is 1. The van der Waals surface area contributed by atoms with Gasteiger partial charge in [0.2, 0.25) is 0 Å². The molecule has 0 radical (unpaired) electrons. The van der Waals surface area contributed by atoms with E-state index in [-0.39, 0.29) is 5.92 Å². The summed E-state index contributed by atoms with van der Waals surface area (Å²) in [5.41, 5.74) is 0. The van der Waals surface area contributed by atoms with Gasteiger partial charge in [-0.1, -0.05) is 72.1 Å². The minimum Gasteiger partial charge on any atom is -0.481 e. The molecule has 0 aliphatic heterocycles. The Balaban J connectivity index is 3.96. The highest BCUT2D eigenvalue weighted by molar-refractivity contribution is 5.69. The Morgan fingerprint density at radius 3 is 1.67 bits per heavy atom. The van der Waals surface area contributed by atoms with Crippen LogP contribution in [-0.2, 0) is 4.79 Å². The third-order valence-electron chi connectivity index (χ3n) is 3.95. The van der Waals surface area contributed by atoms with E-state index in [1.807, 2.05) is 6.92 Å². The van der Waals surface area contributed by atoms with Gasteiger partial charge in [0.25, 0.3) is 0 Å². The topological polar surface area (TPSA) is 37.3 Å². The van der Waals surface area contributed by atoms with Crippen molar-refractivity contribution in [2.45, 2.75) is 85.0 Å². The van der Waals surface area contributed by atoms with E-state index in [0.29, 0.717) is 5.92 Å². The van der Waals surface area contributed by atoms with E-state index in [9.17, 15) is 4.79 Å². The summed E-state index contributed by atoms with van der Waals surface area (Å²) in [6.45, 7) is 6.30. The summed E-state index contributed by atoms with van der Waals surface area (Å²) in [5.74, 6) is -0.407. The van der Waals surface area contributed by atoms with Gasteiger partial charge < -0.3 is 5.11 Å². The van der Waals surface area contributed by atoms with Crippen LogP contribution in [0, 0.1) is 11.8 Å². The lowest BCUT2D eigenvalue weighted by Crippen LogP contribution is -2.20. The van der Waals surface area contributed by atoms with Crippen LogP contribution in [0.4, 0.5) is 0 Å². The predicted octanol–water partition coefficient (Wildman–Crippen LogP) is 5.26. The van der Waals surface area contributed by atoms with Gasteiger partial charge in [-0.05, 0) is 18.8 Å². The summed E-state index contributed by atoms with van der Waals surface area (Å²) < 4.78 is 0. The van der Waals surface area contributed by atoms with Crippen molar-refractivity contribution in [2.24, 2.45) is 11.8 Å². The van der Waals surface area contributed by atoms with Crippen LogP contribution >= 0.6 is 0 Å². The van der Waals surface area contributed by atoms with Crippen LogP contribution in [0.3, 0.4) is 0 Å². The summed E-state index contributed by atoms with van der Waals surface area (Å²) >= 11 is 0. The Bertz CT molecular complexity index is 189. The molecule has 0 bridgehead atoms. The summed E-state index contributed by atoms with van der Waals surface area (Å²) in [7, 11) is 0. The SMILES string of the molecule is CCCCCCC(CCCCCC)[C@@H](C)C(=O)O. The molecule has 1 N–H and O–H groups in total. The number of carboxylic acid groups (broad SMARTS) is 1. The molecule has 18 heavy (non-hydrogen) atoms. The number of rotatable bonds is 12. The molecular weight excluding hydrogens is 224 g/mol. The zero-order valence-electron chi connectivity index (χ0n) is 12.6. The fourth-order valence-electron chi connectivity index (χ4n) is 2.51. The minimum absolute atomic E-state index is 0.173. The van der Waals surface area contributed by atoms with E-state index in [0.717, 1.165) is 12.8 Å². The van der Waals surface area contributed by atoms with Crippen molar-refractivity contribution in [2.75, 3.05) is 0 Å². The summed E-state index contributed by atoms with van der Waals surface area (Å²) in [4.78, 5) is 11.1. The second-order valence-electron chi connectivity index (χ2n) is 5.59. The molecule has 2 heteroatoms. The van der Waals surface area contributed by atoms with Gasteiger partial charge in [0.05, 0.1) is 5.92 Å². The summed E-state index contributed by atoms with van der Waals surface area (Å²) in [6.07, 6.45) is 12.2. The lowest BCUT2D eigenvalue weighted by atomic mass is 9.84. The Morgan fingerprint density at radius 1 is 0.889 bits per heavy atom. The molecule has 0 saturated heterocycles. The molecule has 0 aromatic rings. The lowest BCUT2D eigenvalue weighted by Gasteiger charge is -2.20. The monoisotopic (exact) mass is 256 g/mol. The normalized spacial score (nSPS) is 12.9. The van der Waals surface area contributed by atoms with Crippen LogP contribution < -0.4 is 0 Å². The van der Waals surface area contributed by atoms with Gasteiger partial charge in [-0.2, -0.15) is 0 Å². The molecule has 0 spiro atoms. The highest BCUT2D eigenvalue weighted by Gasteiger charge is 2.22. The van der Waals surface area contributed by atoms with Crippen molar-refractivity contribution >= 4 is 5.97 Å². The first-order chi connectivity index (χ1) is 8.63. The van der Waals surface area contributed by atoms with Gasteiger partial charge in [0.1, 0.15) is 0 Å². The smallest absolute Gasteiger partial charge is 0.306 e. The van der Waals surface area contributed by atoms with Gasteiger partial charge in [0, 0.05) is 0 Å². The van der Waals surface area contributed by atoms with Gasteiger partial charge in [-0.15, -0.1) is 0 Å². The number of carbonyl (C=O) groups is 1. The van der Waals surface area contributed by atoms with Crippen LogP contribution in [0.25, 0.3) is 0 Å². The van der Waals surface area contributed by atoms with E-state index in [1.54, 1.807) is 0 Å². The van der Waals surface area contributed by atoms with Crippen molar-refractivity contribution in [3.05, 3.63) is 0 Å². The van der Waals surface area contributed by atoms with Crippen LogP contribution in [0.5, 0.6) is 0 Å². The van der Waals surface area contributed by atoms with Crippen molar-refractivity contribution in [1.82, 2.24) is 0 Å². The molecule has 108 valence electrons. The first-order valence-corrected chi connectivity index (χ1v) is 7.86. The largest absolute Gasteiger partial charge is 0.481 e. The van der Waals surface area contributed by atoms with E-state index >= 15 is 0 Å². The van der Waals surface area contributed by atoms with Crippen LogP contribution in [0.1, 0.15) is 85.0 Å². The summed E-state index contributed by atoms with van der Waals surface area (Å²) in [5, 5.41) is 9.16. The Kier molecular flexibility index (Phi) is 11.2. The molecule has 1 atom stereocenters. The molecule has 0 amide bonds. The fourth-order valence-corrected chi connectivity index (χ4v) is 2.51. The third-order valence-corrected chi connectivity index (χ3v) is 3.95. The molecule has 2 nitrogen and oxygen atoms in total. The molecule has 0 rings (SSSR count). The number of aliphatic carboxylic acids is 1. The highest BCUT2D eigenvalue weighted by Crippen LogP contribution is 2.25. The molecule has 0 aliphatic carbocycles. The van der Waals surface area contributed by atoms with Gasteiger partial charge in [-0.25, -0.2) is 0 Å².